The third-order valence-electron chi connectivity index (χ3n) is 3.75. The lowest BCUT2D eigenvalue weighted by Gasteiger charge is -2.27. The maximum absolute atomic E-state index is 11.9. The zero-order chi connectivity index (χ0) is 13.7. The molecule has 2 atom stereocenters. The van der Waals surface area contributed by atoms with E-state index in [4.69, 9.17) is 4.42 Å². The van der Waals surface area contributed by atoms with Crippen LogP contribution in [0.15, 0.2) is 10.6 Å². The van der Waals surface area contributed by atoms with Gasteiger partial charge in [0, 0.05) is 6.42 Å². The molecule has 5 nitrogen and oxygen atoms in total. The van der Waals surface area contributed by atoms with E-state index in [2.05, 4.69) is 22.5 Å². The van der Waals surface area contributed by atoms with Crippen LogP contribution in [0.25, 0.3) is 0 Å². The Morgan fingerprint density at radius 2 is 2.53 bits per heavy atom. The first kappa shape index (κ1) is 14.1. The highest BCUT2D eigenvalue weighted by molar-refractivity contribution is 5.76. The van der Waals surface area contributed by atoms with E-state index in [9.17, 15) is 4.79 Å². The molecule has 2 heterocycles. The van der Waals surface area contributed by atoms with Gasteiger partial charge < -0.3 is 15.1 Å². The predicted molar refractivity (Wildman–Crippen MR) is 72.5 cm³/mol. The lowest BCUT2D eigenvalue weighted by molar-refractivity contribution is -0.122. The number of rotatable bonds is 5. The summed E-state index contributed by atoms with van der Waals surface area (Å²) >= 11 is 0. The fourth-order valence-electron chi connectivity index (χ4n) is 2.55. The fourth-order valence-corrected chi connectivity index (χ4v) is 2.55. The van der Waals surface area contributed by atoms with Gasteiger partial charge in [0.15, 0.2) is 0 Å². The van der Waals surface area contributed by atoms with E-state index in [1.165, 1.54) is 12.8 Å². The Kier molecular flexibility index (Phi) is 4.96. The van der Waals surface area contributed by atoms with E-state index in [1.54, 1.807) is 6.20 Å². The van der Waals surface area contributed by atoms with Crippen LogP contribution >= 0.6 is 0 Å². The topological polar surface area (TPSA) is 67.2 Å². The molecule has 1 aromatic rings. The minimum atomic E-state index is 0.0777. The largest absolute Gasteiger partial charge is 0.444 e. The molecule has 0 bridgehead atoms. The van der Waals surface area contributed by atoms with Crippen LogP contribution in [0.5, 0.6) is 0 Å². The molecule has 2 unspecified atom stereocenters. The van der Waals surface area contributed by atoms with E-state index in [0.717, 1.165) is 18.8 Å². The lowest BCUT2D eigenvalue weighted by atomic mass is 9.85. The molecule has 0 aliphatic carbocycles. The second-order valence-electron chi connectivity index (χ2n) is 5.43. The van der Waals surface area contributed by atoms with Crippen molar-refractivity contribution in [3.63, 3.8) is 0 Å². The van der Waals surface area contributed by atoms with Gasteiger partial charge >= 0.3 is 0 Å². The molecule has 1 fully saturated rings. The second-order valence-corrected chi connectivity index (χ2v) is 5.43. The number of carbonyl (C=O) groups is 1. The number of amides is 1. The Hall–Kier alpha value is -1.36. The molecule has 19 heavy (non-hydrogen) atoms. The monoisotopic (exact) mass is 265 g/mol. The lowest BCUT2D eigenvalue weighted by Crippen LogP contribution is -2.35. The van der Waals surface area contributed by atoms with Crippen molar-refractivity contribution in [1.82, 2.24) is 15.6 Å². The van der Waals surface area contributed by atoms with Crippen molar-refractivity contribution in [2.45, 2.75) is 39.7 Å². The summed E-state index contributed by atoms with van der Waals surface area (Å²) < 4.78 is 5.32. The molecule has 1 saturated heterocycles. The van der Waals surface area contributed by atoms with Crippen molar-refractivity contribution in [1.29, 1.82) is 0 Å². The molecule has 1 aliphatic rings. The molecular weight excluding hydrogens is 242 g/mol. The number of aromatic nitrogens is 1. The van der Waals surface area contributed by atoms with Gasteiger partial charge in [0.2, 0.25) is 11.8 Å². The maximum atomic E-state index is 11.9. The van der Waals surface area contributed by atoms with E-state index < -0.39 is 0 Å². The molecular formula is C14H23N3O2. The van der Waals surface area contributed by atoms with Crippen molar-refractivity contribution >= 4 is 5.91 Å². The quantitative estimate of drug-likeness (QED) is 0.849. The summed E-state index contributed by atoms with van der Waals surface area (Å²) in [6, 6.07) is 0. The van der Waals surface area contributed by atoms with Crippen LogP contribution in [0, 0.1) is 18.8 Å². The zero-order valence-corrected chi connectivity index (χ0v) is 11.7. The molecule has 5 heteroatoms. The second kappa shape index (κ2) is 6.70. The molecule has 2 N–H and O–H groups in total. The zero-order valence-electron chi connectivity index (χ0n) is 11.7. The molecule has 1 amide bonds. The van der Waals surface area contributed by atoms with Crippen LogP contribution in [0.4, 0.5) is 0 Å². The Bertz CT molecular complexity index is 411. The van der Waals surface area contributed by atoms with Crippen molar-refractivity contribution < 1.29 is 9.21 Å². The first-order valence-electron chi connectivity index (χ1n) is 7.04. The fraction of sp³-hybridized carbons (Fsp3) is 0.714. The summed E-state index contributed by atoms with van der Waals surface area (Å²) in [6.45, 7) is 6.53. The van der Waals surface area contributed by atoms with Gasteiger partial charge in [-0.2, -0.15) is 0 Å². The molecule has 0 radical (unpaired) electrons. The third kappa shape index (κ3) is 4.35. The summed E-state index contributed by atoms with van der Waals surface area (Å²) in [7, 11) is 0. The highest BCUT2D eigenvalue weighted by Gasteiger charge is 2.21. The van der Waals surface area contributed by atoms with Gasteiger partial charge in [-0.25, -0.2) is 4.98 Å². The smallest absolute Gasteiger partial charge is 0.220 e. The van der Waals surface area contributed by atoms with Gasteiger partial charge in [-0.05, 0) is 44.7 Å². The Balaban J connectivity index is 1.71. The van der Waals surface area contributed by atoms with Crippen LogP contribution < -0.4 is 10.6 Å². The van der Waals surface area contributed by atoms with Gasteiger partial charge in [-0.3, -0.25) is 4.79 Å². The standard InChI is InChI=1S/C14H23N3O2/c1-10(12-4-3-5-15-8-12)6-13(18)16-9-14-17-7-11(2)19-14/h7,10,12,15H,3-6,8-9H2,1-2H3,(H,16,18). The molecule has 2 rings (SSSR count). The van der Waals surface area contributed by atoms with Gasteiger partial charge in [0.25, 0.3) is 0 Å². The van der Waals surface area contributed by atoms with E-state index in [1.807, 2.05) is 6.92 Å². The summed E-state index contributed by atoms with van der Waals surface area (Å²) in [5.74, 6) is 2.44. The summed E-state index contributed by atoms with van der Waals surface area (Å²) in [5.41, 5.74) is 0. The summed E-state index contributed by atoms with van der Waals surface area (Å²) in [6.07, 6.45) is 4.68. The van der Waals surface area contributed by atoms with E-state index >= 15 is 0 Å². The molecule has 0 saturated carbocycles. The Morgan fingerprint density at radius 1 is 1.68 bits per heavy atom. The normalized spacial score (nSPS) is 21.1. The van der Waals surface area contributed by atoms with E-state index in [0.29, 0.717) is 30.7 Å². The van der Waals surface area contributed by atoms with Crippen LogP contribution in [0.2, 0.25) is 0 Å². The first-order valence-corrected chi connectivity index (χ1v) is 7.04. The van der Waals surface area contributed by atoms with Crippen molar-refractivity contribution in [3.8, 4) is 0 Å². The SMILES string of the molecule is Cc1cnc(CNC(=O)CC(C)C2CCCNC2)o1. The van der Waals surface area contributed by atoms with Crippen LogP contribution in [-0.4, -0.2) is 24.0 Å². The number of carbonyl (C=O) groups excluding carboxylic acids is 1. The molecule has 1 aliphatic heterocycles. The van der Waals surface area contributed by atoms with E-state index in [-0.39, 0.29) is 5.91 Å². The number of nitrogens with zero attached hydrogens (tertiary/aromatic N) is 1. The van der Waals surface area contributed by atoms with Gasteiger partial charge in [0.1, 0.15) is 5.76 Å². The molecule has 0 spiro atoms. The van der Waals surface area contributed by atoms with Crippen LogP contribution in [0.3, 0.4) is 0 Å². The first-order chi connectivity index (χ1) is 9.15. The highest BCUT2D eigenvalue weighted by Crippen LogP contribution is 2.22. The number of hydrogen-bond acceptors (Lipinski definition) is 4. The predicted octanol–water partition coefficient (Wildman–Crippen LogP) is 1.63. The molecule has 1 aromatic heterocycles. The van der Waals surface area contributed by atoms with Gasteiger partial charge in [0.05, 0.1) is 12.7 Å². The average Bonchev–Trinajstić information content (AvgIpc) is 2.83. The highest BCUT2D eigenvalue weighted by atomic mass is 16.4. The van der Waals surface area contributed by atoms with Gasteiger partial charge in [-0.1, -0.05) is 6.92 Å². The van der Waals surface area contributed by atoms with Gasteiger partial charge in [-0.15, -0.1) is 0 Å². The Labute approximate surface area is 114 Å². The van der Waals surface area contributed by atoms with Crippen molar-refractivity contribution in [3.05, 3.63) is 17.8 Å². The minimum absolute atomic E-state index is 0.0777. The average molecular weight is 265 g/mol. The van der Waals surface area contributed by atoms with Crippen LogP contribution in [-0.2, 0) is 11.3 Å². The molecule has 0 aromatic carbocycles. The number of hydrogen-bond donors (Lipinski definition) is 2. The summed E-state index contributed by atoms with van der Waals surface area (Å²) in [5, 5.41) is 6.26. The number of aryl methyl sites for hydroxylation is 1. The van der Waals surface area contributed by atoms with Crippen molar-refractivity contribution in [2.75, 3.05) is 13.1 Å². The number of nitrogens with one attached hydrogen (secondary N) is 2. The van der Waals surface area contributed by atoms with Crippen molar-refractivity contribution in [2.24, 2.45) is 11.8 Å². The molecule has 106 valence electrons. The third-order valence-corrected chi connectivity index (χ3v) is 3.75. The number of piperidine rings is 1. The minimum Gasteiger partial charge on any atom is -0.444 e. The maximum Gasteiger partial charge on any atom is 0.220 e. The number of oxazole rings is 1. The Morgan fingerprint density at radius 3 is 3.16 bits per heavy atom. The van der Waals surface area contributed by atoms with Crippen LogP contribution in [0.1, 0.15) is 37.8 Å². The summed E-state index contributed by atoms with van der Waals surface area (Å²) in [4.78, 5) is 15.9.